The SMILES string of the molecule is CCC(CC)Cn1c(CCl)nc2ccc(F)cc21. The number of hydrogen-bond acceptors (Lipinski definition) is 1. The van der Waals surface area contributed by atoms with Crippen LogP contribution in [0.5, 0.6) is 0 Å². The molecule has 2 nitrogen and oxygen atoms in total. The van der Waals surface area contributed by atoms with E-state index in [1.165, 1.54) is 6.07 Å². The van der Waals surface area contributed by atoms with E-state index in [0.717, 1.165) is 36.2 Å². The summed E-state index contributed by atoms with van der Waals surface area (Å²) in [5.74, 6) is 1.53. The van der Waals surface area contributed by atoms with Crippen LogP contribution in [0.3, 0.4) is 0 Å². The van der Waals surface area contributed by atoms with Crippen LogP contribution < -0.4 is 0 Å². The standard InChI is InChI=1S/C14H18ClFN2/c1-3-10(4-2)9-18-13-7-11(16)5-6-12(13)17-14(18)8-15/h5-7,10H,3-4,8-9H2,1-2H3. The molecule has 4 heteroatoms. The Morgan fingerprint density at radius 1 is 1.33 bits per heavy atom. The highest BCUT2D eigenvalue weighted by molar-refractivity contribution is 6.16. The number of alkyl halides is 1. The van der Waals surface area contributed by atoms with Crippen molar-refractivity contribution in [2.24, 2.45) is 5.92 Å². The van der Waals surface area contributed by atoms with Crippen LogP contribution in [-0.4, -0.2) is 9.55 Å². The van der Waals surface area contributed by atoms with Crippen molar-refractivity contribution in [2.45, 2.75) is 39.1 Å². The van der Waals surface area contributed by atoms with Crippen molar-refractivity contribution in [2.75, 3.05) is 0 Å². The van der Waals surface area contributed by atoms with Crippen LogP contribution in [0, 0.1) is 11.7 Å². The molecule has 0 aliphatic carbocycles. The van der Waals surface area contributed by atoms with E-state index < -0.39 is 0 Å². The Bertz CT molecular complexity index is 532. The third kappa shape index (κ3) is 2.51. The molecular weight excluding hydrogens is 251 g/mol. The maximum Gasteiger partial charge on any atom is 0.125 e. The van der Waals surface area contributed by atoms with Crippen molar-refractivity contribution in [1.29, 1.82) is 0 Å². The Balaban J connectivity index is 2.48. The largest absolute Gasteiger partial charge is 0.327 e. The first-order valence-corrected chi connectivity index (χ1v) is 6.93. The monoisotopic (exact) mass is 268 g/mol. The lowest BCUT2D eigenvalue weighted by Crippen LogP contribution is -2.11. The Kier molecular flexibility index (Phi) is 4.23. The van der Waals surface area contributed by atoms with Crippen molar-refractivity contribution in [3.05, 3.63) is 29.8 Å². The summed E-state index contributed by atoms with van der Waals surface area (Å²) in [6, 6.07) is 4.69. The normalized spacial score (nSPS) is 11.6. The van der Waals surface area contributed by atoms with Crippen molar-refractivity contribution >= 4 is 22.6 Å². The fourth-order valence-corrected chi connectivity index (χ4v) is 2.46. The number of imidazole rings is 1. The van der Waals surface area contributed by atoms with Crippen LogP contribution in [0.1, 0.15) is 32.5 Å². The average molecular weight is 269 g/mol. The van der Waals surface area contributed by atoms with Gasteiger partial charge in [0.15, 0.2) is 0 Å². The van der Waals surface area contributed by atoms with Crippen LogP contribution in [0.15, 0.2) is 18.2 Å². The molecule has 1 heterocycles. The van der Waals surface area contributed by atoms with E-state index in [-0.39, 0.29) is 5.82 Å². The van der Waals surface area contributed by atoms with Gasteiger partial charge < -0.3 is 4.57 Å². The minimum Gasteiger partial charge on any atom is -0.327 e. The van der Waals surface area contributed by atoms with Gasteiger partial charge in [-0.25, -0.2) is 9.37 Å². The third-order valence-electron chi connectivity index (χ3n) is 3.50. The Labute approximate surface area is 112 Å². The topological polar surface area (TPSA) is 17.8 Å². The van der Waals surface area contributed by atoms with Crippen LogP contribution in [0.4, 0.5) is 4.39 Å². The Morgan fingerprint density at radius 2 is 2.06 bits per heavy atom. The molecule has 0 bridgehead atoms. The zero-order valence-corrected chi connectivity index (χ0v) is 11.5. The second-order valence-electron chi connectivity index (χ2n) is 4.59. The van der Waals surface area contributed by atoms with E-state index in [0.29, 0.717) is 11.8 Å². The lowest BCUT2D eigenvalue weighted by Gasteiger charge is -2.15. The van der Waals surface area contributed by atoms with Gasteiger partial charge in [0.25, 0.3) is 0 Å². The van der Waals surface area contributed by atoms with Crippen molar-refractivity contribution in [3.8, 4) is 0 Å². The molecule has 0 amide bonds. The smallest absolute Gasteiger partial charge is 0.125 e. The number of aromatic nitrogens is 2. The highest BCUT2D eigenvalue weighted by Crippen LogP contribution is 2.22. The summed E-state index contributed by atoms with van der Waals surface area (Å²) in [5, 5.41) is 0. The number of hydrogen-bond donors (Lipinski definition) is 0. The number of fused-ring (bicyclic) bond motifs is 1. The zero-order chi connectivity index (χ0) is 13.1. The van der Waals surface area contributed by atoms with Gasteiger partial charge in [-0.3, -0.25) is 0 Å². The maximum absolute atomic E-state index is 13.4. The highest BCUT2D eigenvalue weighted by atomic mass is 35.5. The lowest BCUT2D eigenvalue weighted by atomic mass is 10.0. The van der Waals surface area contributed by atoms with Gasteiger partial charge in [-0.05, 0) is 24.1 Å². The predicted octanol–water partition coefficient (Wildman–Crippen LogP) is 4.35. The molecule has 1 aromatic heterocycles. The molecule has 0 unspecified atom stereocenters. The van der Waals surface area contributed by atoms with Gasteiger partial charge in [-0.2, -0.15) is 0 Å². The molecule has 0 aliphatic rings. The van der Waals surface area contributed by atoms with Crippen LogP contribution >= 0.6 is 11.6 Å². The van der Waals surface area contributed by atoms with Crippen LogP contribution in [0.2, 0.25) is 0 Å². The van der Waals surface area contributed by atoms with Crippen LogP contribution in [0.25, 0.3) is 11.0 Å². The maximum atomic E-state index is 13.4. The number of benzene rings is 1. The van der Waals surface area contributed by atoms with Crippen molar-refractivity contribution in [1.82, 2.24) is 9.55 Å². The van der Waals surface area contributed by atoms with Crippen molar-refractivity contribution < 1.29 is 4.39 Å². The summed E-state index contributed by atoms with van der Waals surface area (Å²) in [7, 11) is 0. The predicted molar refractivity (Wildman–Crippen MR) is 73.3 cm³/mol. The summed E-state index contributed by atoms with van der Waals surface area (Å²) in [6.07, 6.45) is 2.21. The molecule has 18 heavy (non-hydrogen) atoms. The van der Waals surface area contributed by atoms with E-state index >= 15 is 0 Å². The summed E-state index contributed by atoms with van der Waals surface area (Å²) in [6.45, 7) is 5.21. The number of rotatable bonds is 5. The quantitative estimate of drug-likeness (QED) is 0.737. The van der Waals surface area contributed by atoms with Gasteiger partial charge in [0.2, 0.25) is 0 Å². The summed E-state index contributed by atoms with van der Waals surface area (Å²) < 4.78 is 15.4. The molecule has 98 valence electrons. The molecule has 0 aliphatic heterocycles. The van der Waals surface area contributed by atoms with Gasteiger partial charge in [0.1, 0.15) is 11.6 Å². The summed E-state index contributed by atoms with van der Waals surface area (Å²) in [4.78, 5) is 4.46. The third-order valence-corrected chi connectivity index (χ3v) is 3.74. The van der Waals surface area contributed by atoms with E-state index in [2.05, 4.69) is 23.4 Å². The van der Waals surface area contributed by atoms with Gasteiger partial charge in [0, 0.05) is 6.54 Å². The molecule has 0 fully saturated rings. The van der Waals surface area contributed by atoms with Gasteiger partial charge in [-0.15, -0.1) is 11.6 Å². The van der Waals surface area contributed by atoms with E-state index in [4.69, 9.17) is 11.6 Å². The van der Waals surface area contributed by atoms with Crippen LogP contribution in [-0.2, 0) is 12.4 Å². The molecule has 0 N–H and O–H groups in total. The number of halogens is 2. The minimum absolute atomic E-state index is 0.227. The summed E-state index contributed by atoms with van der Waals surface area (Å²) in [5.41, 5.74) is 1.66. The minimum atomic E-state index is -0.227. The molecular formula is C14H18ClFN2. The highest BCUT2D eigenvalue weighted by Gasteiger charge is 2.13. The fraction of sp³-hybridized carbons (Fsp3) is 0.500. The second kappa shape index (κ2) is 5.70. The molecule has 1 aromatic carbocycles. The molecule has 0 saturated heterocycles. The van der Waals surface area contributed by atoms with E-state index in [9.17, 15) is 4.39 Å². The molecule has 0 spiro atoms. The Hall–Kier alpha value is -1.09. The molecule has 2 rings (SSSR count). The fourth-order valence-electron chi connectivity index (χ4n) is 2.26. The first-order valence-electron chi connectivity index (χ1n) is 6.40. The Morgan fingerprint density at radius 3 is 2.67 bits per heavy atom. The van der Waals surface area contributed by atoms with E-state index in [1.54, 1.807) is 12.1 Å². The van der Waals surface area contributed by atoms with Gasteiger partial charge in [0.05, 0.1) is 16.9 Å². The second-order valence-corrected chi connectivity index (χ2v) is 4.86. The summed E-state index contributed by atoms with van der Waals surface area (Å²) >= 11 is 5.94. The molecule has 0 radical (unpaired) electrons. The molecule has 0 atom stereocenters. The van der Waals surface area contributed by atoms with E-state index in [1.807, 2.05) is 0 Å². The first-order chi connectivity index (χ1) is 8.69. The molecule has 2 aromatic rings. The number of nitrogens with zero attached hydrogens (tertiary/aromatic N) is 2. The average Bonchev–Trinajstić information content (AvgIpc) is 2.73. The van der Waals surface area contributed by atoms with Gasteiger partial charge >= 0.3 is 0 Å². The lowest BCUT2D eigenvalue weighted by molar-refractivity contribution is 0.419. The van der Waals surface area contributed by atoms with Crippen molar-refractivity contribution in [3.63, 3.8) is 0 Å². The zero-order valence-electron chi connectivity index (χ0n) is 10.8. The van der Waals surface area contributed by atoms with Gasteiger partial charge in [-0.1, -0.05) is 26.7 Å². The molecule has 0 saturated carbocycles. The first kappa shape index (κ1) is 13.3.